The van der Waals surface area contributed by atoms with Crippen molar-refractivity contribution < 1.29 is 0 Å². The Morgan fingerprint density at radius 1 is 0.812 bits per heavy atom. The van der Waals surface area contributed by atoms with Gasteiger partial charge in [0.05, 0.1) is 0 Å². The van der Waals surface area contributed by atoms with E-state index in [4.69, 9.17) is 0 Å². The molecule has 0 unspecified atom stereocenters. The predicted octanol–water partition coefficient (Wildman–Crippen LogP) is 0.717. The van der Waals surface area contributed by atoms with E-state index in [-0.39, 0.29) is 0 Å². The van der Waals surface area contributed by atoms with Crippen LogP contribution in [0.2, 0.25) is 0 Å². The lowest BCUT2D eigenvalue weighted by molar-refractivity contribution is 0.100. The van der Waals surface area contributed by atoms with Gasteiger partial charge in [-0.2, -0.15) is 0 Å². The maximum absolute atomic E-state index is 2.85. The molecular weight excluding hydrogens is 198 g/mol. The molecule has 2 bridgehead atoms. The molecule has 0 aromatic carbocycles. The molecule has 3 heterocycles. The summed E-state index contributed by atoms with van der Waals surface area (Å²) in [4.78, 5) is 7.86. The number of fused-ring (bicyclic) bond motifs is 2. The first-order valence-corrected chi connectivity index (χ1v) is 6.85. The highest BCUT2D eigenvalue weighted by atomic mass is 15.3. The summed E-state index contributed by atoms with van der Waals surface area (Å²) < 4.78 is 0. The van der Waals surface area contributed by atoms with Gasteiger partial charge in [-0.05, 0) is 52.4 Å². The number of hydrogen-bond acceptors (Lipinski definition) is 3. The molecule has 3 rings (SSSR count). The van der Waals surface area contributed by atoms with Crippen molar-refractivity contribution in [1.82, 2.24) is 14.7 Å². The number of piperidine rings is 2. The zero-order valence-corrected chi connectivity index (χ0v) is 10.7. The van der Waals surface area contributed by atoms with E-state index in [1.54, 1.807) is 0 Å². The Morgan fingerprint density at radius 3 is 2.31 bits per heavy atom. The van der Waals surface area contributed by atoms with Crippen LogP contribution in [0.5, 0.6) is 0 Å². The summed E-state index contributed by atoms with van der Waals surface area (Å²) in [7, 11) is 4.55. The maximum atomic E-state index is 2.85. The Kier molecular flexibility index (Phi) is 2.94. The van der Waals surface area contributed by atoms with E-state index in [1.807, 2.05) is 0 Å². The fourth-order valence-electron chi connectivity index (χ4n) is 4.00. The highest BCUT2D eigenvalue weighted by Gasteiger charge is 2.40. The Bertz CT molecular complexity index is 248. The Labute approximate surface area is 99.4 Å². The summed E-state index contributed by atoms with van der Waals surface area (Å²) in [5, 5.41) is 0. The molecule has 0 aromatic rings. The van der Waals surface area contributed by atoms with Crippen LogP contribution in [0, 0.1) is 5.92 Å². The van der Waals surface area contributed by atoms with Gasteiger partial charge in [0.25, 0.3) is 0 Å². The smallest absolute Gasteiger partial charge is 0.0229 e. The zero-order chi connectivity index (χ0) is 11.1. The first kappa shape index (κ1) is 11.0. The van der Waals surface area contributed by atoms with Gasteiger partial charge in [-0.15, -0.1) is 0 Å². The molecule has 3 fully saturated rings. The molecule has 0 amide bonds. The summed E-state index contributed by atoms with van der Waals surface area (Å²) in [6.07, 6.45) is 4.25. The van der Waals surface area contributed by atoms with Crippen LogP contribution in [0.15, 0.2) is 0 Å². The van der Waals surface area contributed by atoms with Gasteiger partial charge in [0.2, 0.25) is 0 Å². The fourth-order valence-corrected chi connectivity index (χ4v) is 4.00. The van der Waals surface area contributed by atoms with Crippen LogP contribution in [-0.2, 0) is 0 Å². The number of likely N-dealkylation sites (N-methyl/N-ethyl adjacent to an activating group) is 1. The molecule has 0 aliphatic carbocycles. The van der Waals surface area contributed by atoms with Crippen molar-refractivity contribution >= 4 is 0 Å². The molecule has 16 heavy (non-hydrogen) atoms. The van der Waals surface area contributed by atoms with Crippen molar-refractivity contribution in [2.45, 2.75) is 31.3 Å². The quantitative estimate of drug-likeness (QED) is 0.648. The third-order valence-electron chi connectivity index (χ3n) is 4.79. The normalized spacial score (nSPS) is 39.4. The lowest BCUT2D eigenvalue weighted by Gasteiger charge is -2.38. The van der Waals surface area contributed by atoms with E-state index >= 15 is 0 Å². The summed E-state index contributed by atoms with van der Waals surface area (Å²) >= 11 is 0. The minimum absolute atomic E-state index is 0.872. The number of likely N-dealkylation sites (tertiary alicyclic amines) is 3. The van der Waals surface area contributed by atoms with Gasteiger partial charge >= 0.3 is 0 Å². The van der Waals surface area contributed by atoms with Crippen molar-refractivity contribution in [2.24, 2.45) is 5.92 Å². The lowest BCUT2D eigenvalue weighted by Crippen LogP contribution is -2.48. The molecule has 3 heteroatoms. The van der Waals surface area contributed by atoms with E-state index in [1.165, 1.54) is 52.0 Å². The lowest BCUT2D eigenvalue weighted by atomic mass is 10.00. The second-order valence-corrected chi connectivity index (χ2v) is 6.21. The van der Waals surface area contributed by atoms with Gasteiger partial charge in [0.15, 0.2) is 0 Å². The van der Waals surface area contributed by atoms with Crippen LogP contribution in [0.25, 0.3) is 0 Å². The van der Waals surface area contributed by atoms with Gasteiger partial charge in [-0.3, -0.25) is 4.90 Å². The van der Waals surface area contributed by atoms with Crippen LogP contribution >= 0.6 is 0 Å². The van der Waals surface area contributed by atoms with Crippen molar-refractivity contribution in [3.63, 3.8) is 0 Å². The van der Waals surface area contributed by atoms with Crippen molar-refractivity contribution in [3.05, 3.63) is 0 Å². The minimum Gasteiger partial charge on any atom is -0.306 e. The van der Waals surface area contributed by atoms with Gasteiger partial charge in [-0.1, -0.05) is 0 Å². The Balaban J connectivity index is 1.63. The van der Waals surface area contributed by atoms with Crippen molar-refractivity contribution in [1.29, 1.82) is 0 Å². The van der Waals surface area contributed by atoms with Crippen LogP contribution in [0.1, 0.15) is 19.3 Å². The standard InChI is InChI=1S/C13H25N3/c1-14-5-3-12(4-6-14)16-9-11-7-13(16)10-15(2)8-11/h11-13H,3-10H2,1-2H3/t11-,13+/m1/s1. The van der Waals surface area contributed by atoms with Crippen molar-refractivity contribution in [3.8, 4) is 0 Å². The summed E-state index contributed by atoms with van der Waals surface area (Å²) in [6.45, 7) is 6.62. The minimum atomic E-state index is 0.872. The third-order valence-corrected chi connectivity index (χ3v) is 4.79. The third kappa shape index (κ3) is 2.01. The number of hydrogen-bond donors (Lipinski definition) is 0. The monoisotopic (exact) mass is 223 g/mol. The summed E-state index contributed by atoms with van der Waals surface area (Å²) in [5.74, 6) is 0.961. The second kappa shape index (κ2) is 4.28. The Morgan fingerprint density at radius 2 is 1.56 bits per heavy atom. The van der Waals surface area contributed by atoms with Crippen LogP contribution < -0.4 is 0 Å². The average Bonchev–Trinajstić information content (AvgIpc) is 2.55. The molecular formula is C13H25N3. The maximum Gasteiger partial charge on any atom is 0.0229 e. The van der Waals surface area contributed by atoms with Crippen LogP contribution in [-0.4, -0.2) is 73.6 Å². The van der Waals surface area contributed by atoms with Gasteiger partial charge in [0.1, 0.15) is 0 Å². The topological polar surface area (TPSA) is 9.72 Å². The molecule has 3 nitrogen and oxygen atoms in total. The molecule has 0 aromatic heterocycles. The molecule has 92 valence electrons. The first-order chi connectivity index (χ1) is 7.72. The van der Waals surface area contributed by atoms with E-state index < -0.39 is 0 Å². The molecule has 3 saturated heterocycles. The molecule has 3 aliphatic rings. The molecule has 2 atom stereocenters. The zero-order valence-electron chi connectivity index (χ0n) is 10.7. The first-order valence-electron chi connectivity index (χ1n) is 6.85. The van der Waals surface area contributed by atoms with Gasteiger partial charge in [-0.25, -0.2) is 0 Å². The molecule has 0 saturated carbocycles. The number of nitrogens with zero attached hydrogens (tertiary/aromatic N) is 3. The highest BCUT2D eigenvalue weighted by Crippen LogP contribution is 2.33. The second-order valence-electron chi connectivity index (χ2n) is 6.21. The molecule has 3 aliphatic heterocycles. The summed E-state index contributed by atoms with van der Waals surface area (Å²) in [5.41, 5.74) is 0. The largest absolute Gasteiger partial charge is 0.306 e. The van der Waals surface area contributed by atoms with E-state index in [9.17, 15) is 0 Å². The van der Waals surface area contributed by atoms with Gasteiger partial charge < -0.3 is 9.80 Å². The molecule has 0 radical (unpaired) electrons. The van der Waals surface area contributed by atoms with Crippen molar-refractivity contribution in [2.75, 3.05) is 46.8 Å². The van der Waals surface area contributed by atoms with Crippen LogP contribution in [0.4, 0.5) is 0 Å². The van der Waals surface area contributed by atoms with E-state index in [0.717, 1.165) is 18.0 Å². The Hall–Kier alpha value is -0.120. The SMILES string of the molecule is CN1CCC(N2C[C@@H]3C[C@H]2CN(C)C3)CC1. The van der Waals surface area contributed by atoms with Gasteiger partial charge in [0, 0.05) is 31.7 Å². The fraction of sp³-hybridized carbons (Fsp3) is 1.00. The van der Waals surface area contributed by atoms with Crippen LogP contribution in [0.3, 0.4) is 0 Å². The van der Waals surface area contributed by atoms with E-state index in [0.29, 0.717) is 0 Å². The summed E-state index contributed by atoms with van der Waals surface area (Å²) in [6, 6.07) is 1.76. The number of rotatable bonds is 1. The highest BCUT2D eigenvalue weighted by molar-refractivity contribution is 4.96. The molecule has 0 N–H and O–H groups in total. The average molecular weight is 223 g/mol. The molecule has 0 spiro atoms. The van der Waals surface area contributed by atoms with E-state index in [2.05, 4.69) is 28.8 Å². The predicted molar refractivity (Wildman–Crippen MR) is 66.6 cm³/mol.